The minimum Gasteiger partial charge on any atom is -0.327 e. The molecule has 104 valence electrons. The van der Waals surface area contributed by atoms with Crippen molar-refractivity contribution in [1.29, 1.82) is 0 Å². The molecule has 1 saturated carbocycles. The number of thioether (sulfide) groups is 1. The van der Waals surface area contributed by atoms with Gasteiger partial charge in [-0.05, 0) is 42.9 Å². The number of rotatable bonds is 3. The fraction of sp³-hybridized carbons (Fsp3) is 0.353. The maximum Gasteiger partial charge on any atom is 0.0278 e. The Hall–Kier alpha value is -1.32. The topological polar surface area (TPSA) is 38.9 Å². The molecular formula is C17H20N2S. The molecule has 1 aromatic carbocycles. The Balaban J connectivity index is 1.71. The van der Waals surface area contributed by atoms with E-state index < -0.39 is 0 Å². The lowest BCUT2D eigenvalue weighted by Gasteiger charge is -2.34. The van der Waals surface area contributed by atoms with Crippen LogP contribution in [0.4, 0.5) is 0 Å². The molecule has 2 N–H and O–H groups in total. The summed E-state index contributed by atoms with van der Waals surface area (Å²) < 4.78 is 0. The molecular weight excluding hydrogens is 264 g/mol. The Bertz CT molecular complexity index is 529. The van der Waals surface area contributed by atoms with Gasteiger partial charge in [0.25, 0.3) is 0 Å². The van der Waals surface area contributed by atoms with Crippen LogP contribution in [0.15, 0.2) is 59.8 Å². The molecule has 1 fully saturated rings. The van der Waals surface area contributed by atoms with E-state index in [0.717, 1.165) is 12.8 Å². The minimum absolute atomic E-state index is 0.299. The summed E-state index contributed by atoms with van der Waals surface area (Å²) in [5, 5.41) is 0.497. The number of hydrogen-bond acceptors (Lipinski definition) is 3. The lowest BCUT2D eigenvalue weighted by molar-refractivity contribution is 0.406. The van der Waals surface area contributed by atoms with Crippen LogP contribution < -0.4 is 5.73 Å². The SMILES string of the molecule is NC1CCC(c2ccccc2)CC1Sc1ccncc1. The molecule has 0 spiro atoms. The van der Waals surface area contributed by atoms with Crippen molar-refractivity contribution in [3.63, 3.8) is 0 Å². The van der Waals surface area contributed by atoms with Crippen LogP contribution in [0, 0.1) is 0 Å². The second-order valence-corrected chi connectivity index (χ2v) is 6.74. The zero-order valence-electron chi connectivity index (χ0n) is 11.5. The molecule has 1 aliphatic carbocycles. The van der Waals surface area contributed by atoms with Crippen LogP contribution in [0.25, 0.3) is 0 Å². The first-order valence-electron chi connectivity index (χ1n) is 7.20. The van der Waals surface area contributed by atoms with Gasteiger partial charge in [0.2, 0.25) is 0 Å². The summed E-state index contributed by atoms with van der Waals surface area (Å²) in [4.78, 5) is 5.35. The Morgan fingerprint density at radius 3 is 2.50 bits per heavy atom. The van der Waals surface area contributed by atoms with Crippen molar-refractivity contribution in [1.82, 2.24) is 4.98 Å². The maximum atomic E-state index is 6.33. The van der Waals surface area contributed by atoms with E-state index in [1.165, 1.54) is 16.9 Å². The third-order valence-corrected chi connectivity index (χ3v) is 5.44. The highest BCUT2D eigenvalue weighted by Gasteiger charge is 2.29. The molecule has 0 bridgehead atoms. The third-order valence-electron chi connectivity index (χ3n) is 4.05. The molecule has 0 radical (unpaired) electrons. The van der Waals surface area contributed by atoms with Crippen molar-refractivity contribution in [2.45, 2.75) is 41.4 Å². The number of benzene rings is 1. The summed E-state index contributed by atoms with van der Waals surface area (Å²) in [6.07, 6.45) is 7.19. The molecule has 0 amide bonds. The van der Waals surface area contributed by atoms with E-state index in [0.29, 0.717) is 17.2 Å². The first kappa shape index (κ1) is 13.7. The summed E-state index contributed by atoms with van der Waals surface area (Å²) >= 11 is 1.91. The molecule has 0 aliphatic heterocycles. The van der Waals surface area contributed by atoms with Gasteiger partial charge in [-0.15, -0.1) is 11.8 Å². The van der Waals surface area contributed by atoms with Crippen molar-refractivity contribution in [2.24, 2.45) is 5.73 Å². The van der Waals surface area contributed by atoms with E-state index in [2.05, 4.69) is 47.4 Å². The molecule has 3 atom stereocenters. The Morgan fingerprint density at radius 2 is 1.75 bits per heavy atom. The van der Waals surface area contributed by atoms with Gasteiger partial charge in [0.1, 0.15) is 0 Å². The van der Waals surface area contributed by atoms with Crippen molar-refractivity contribution < 1.29 is 0 Å². The molecule has 3 rings (SSSR count). The normalized spacial score (nSPS) is 26.4. The largest absolute Gasteiger partial charge is 0.327 e. The summed E-state index contributed by atoms with van der Waals surface area (Å²) in [5.74, 6) is 0.648. The first-order valence-corrected chi connectivity index (χ1v) is 8.08. The van der Waals surface area contributed by atoms with E-state index in [4.69, 9.17) is 5.73 Å². The average Bonchev–Trinajstić information content (AvgIpc) is 2.51. The molecule has 1 aliphatic rings. The van der Waals surface area contributed by atoms with Gasteiger partial charge in [0.05, 0.1) is 0 Å². The molecule has 3 unspecified atom stereocenters. The van der Waals surface area contributed by atoms with E-state index in [-0.39, 0.29) is 0 Å². The number of nitrogens with two attached hydrogens (primary N) is 1. The van der Waals surface area contributed by atoms with Crippen LogP contribution in [-0.2, 0) is 0 Å². The van der Waals surface area contributed by atoms with Crippen LogP contribution in [-0.4, -0.2) is 16.3 Å². The zero-order chi connectivity index (χ0) is 13.8. The van der Waals surface area contributed by atoms with Gasteiger partial charge >= 0.3 is 0 Å². The van der Waals surface area contributed by atoms with Crippen LogP contribution in [0.3, 0.4) is 0 Å². The number of nitrogens with zero attached hydrogens (tertiary/aromatic N) is 1. The Kier molecular flexibility index (Phi) is 4.38. The monoisotopic (exact) mass is 284 g/mol. The van der Waals surface area contributed by atoms with Crippen molar-refractivity contribution >= 4 is 11.8 Å². The third kappa shape index (κ3) is 3.22. The lowest BCUT2D eigenvalue weighted by Crippen LogP contribution is -2.37. The fourth-order valence-electron chi connectivity index (χ4n) is 2.91. The smallest absolute Gasteiger partial charge is 0.0278 e. The van der Waals surface area contributed by atoms with Crippen molar-refractivity contribution in [3.05, 3.63) is 60.4 Å². The zero-order valence-corrected chi connectivity index (χ0v) is 12.3. The second kappa shape index (κ2) is 6.42. The molecule has 20 heavy (non-hydrogen) atoms. The first-order chi connectivity index (χ1) is 9.83. The predicted octanol–water partition coefficient (Wildman–Crippen LogP) is 3.84. The quantitative estimate of drug-likeness (QED) is 0.930. The Morgan fingerprint density at radius 1 is 1.00 bits per heavy atom. The highest BCUT2D eigenvalue weighted by molar-refractivity contribution is 8.00. The molecule has 0 saturated heterocycles. The van der Waals surface area contributed by atoms with Crippen LogP contribution in [0.1, 0.15) is 30.7 Å². The molecule has 2 aromatic rings. The Labute approximate surface area is 124 Å². The van der Waals surface area contributed by atoms with Crippen LogP contribution in [0.2, 0.25) is 0 Å². The maximum absolute atomic E-state index is 6.33. The van der Waals surface area contributed by atoms with E-state index >= 15 is 0 Å². The number of pyridine rings is 1. The van der Waals surface area contributed by atoms with Gasteiger partial charge in [-0.3, -0.25) is 4.98 Å². The summed E-state index contributed by atoms with van der Waals surface area (Å²) in [7, 11) is 0. The highest BCUT2D eigenvalue weighted by atomic mass is 32.2. The van der Waals surface area contributed by atoms with Gasteiger partial charge in [-0.2, -0.15) is 0 Å². The number of aromatic nitrogens is 1. The molecule has 3 heteroatoms. The van der Waals surface area contributed by atoms with Crippen LogP contribution >= 0.6 is 11.8 Å². The average molecular weight is 284 g/mol. The van der Waals surface area contributed by atoms with Gasteiger partial charge in [-0.1, -0.05) is 30.3 Å². The summed E-state index contributed by atoms with van der Waals surface area (Å²) in [6.45, 7) is 0. The fourth-order valence-corrected chi connectivity index (χ4v) is 4.18. The van der Waals surface area contributed by atoms with E-state index in [1.807, 2.05) is 24.2 Å². The summed E-state index contributed by atoms with van der Waals surface area (Å²) in [5.41, 5.74) is 7.79. The van der Waals surface area contributed by atoms with Gasteiger partial charge in [0.15, 0.2) is 0 Å². The molecule has 1 heterocycles. The lowest BCUT2D eigenvalue weighted by atomic mass is 9.82. The van der Waals surface area contributed by atoms with Gasteiger partial charge in [0, 0.05) is 28.6 Å². The minimum atomic E-state index is 0.299. The highest BCUT2D eigenvalue weighted by Crippen LogP contribution is 2.39. The standard InChI is InChI=1S/C17H20N2S/c18-16-7-6-14(13-4-2-1-3-5-13)12-17(16)20-15-8-10-19-11-9-15/h1-5,8-11,14,16-17H,6-7,12,18H2. The second-order valence-electron chi connectivity index (χ2n) is 5.42. The van der Waals surface area contributed by atoms with E-state index in [1.54, 1.807) is 0 Å². The molecule has 2 nitrogen and oxygen atoms in total. The predicted molar refractivity (Wildman–Crippen MR) is 84.9 cm³/mol. The summed E-state index contributed by atoms with van der Waals surface area (Å²) in [6, 6.07) is 15.3. The van der Waals surface area contributed by atoms with Crippen molar-refractivity contribution in [3.8, 4) is 0 Å². The van der Waals surface area contributed by atoms with Gasteiger partial charge in [-0.25, -0.2) is 0 Å². The van der Waals surface area contributed by atoms with Gasteiger partial charge < -0.3 is 5.73 Å². The van der Waals surface area contributed by atoms with Crippen molar-refractivity contribution in [2.75, 3.05) is 0 Å². The molecule has 1 aromatic heterocycles. The van der Waals surface area contributed by atoms with Crippen LogP contribution in [0.5, 0.6) is 0 Å². The number of hydrogen-bond donors (Lipinski definition) is 1. The van der Waals surface area contributed by atoms with E-state index in [9.17, 15) is 0 Å².